The van der Waals surface area contributed by atoms with E-state index in [4.69, 9.17) is 4.42 Å². The van der Waals surface area contributed by atoms with Crippen LogP contribution < -0.4 is 20.6 Å². The van der Waals surface area contributed by atoms with Crippen LogP contribution in [0.2, 0.25) is 0 Å². The summed E-state index contributed by atoms with van der Waals surface area (Å²) >= 11 is 0. The number of para-hydroxylation sites is 6. The summed E-state index contributed by atoms with van der Waals surface area (Å²) in [5.41, 5.74) is 16.0. The second-order valence-electron chi connectivity index (χ2n) is 14.0. The molecule has 10 aromatic rings. The smallest absolute Gasteiger partial charge is 0.333 e. The van der Waals surface area contributed by atoms with Gasteiger partial charge in [0.2, 0.25) is 0 Å². The van der Waals surface area contributed by atoms with Crippen LogP contribution in [0.4, 0.5) is 28.4 Å². The minimum atomic E-state index is -0.0850. The molecule has 0 radical (unpaired) electrons. The van der Waals surface area contributed by atoms with Crippen molar-refractivity contribution >= 4 is 90.0 Å². The molecular weight excluding hydrogens is 645 g/mol. The Morgan fingerprint density at radius 2 is 1.15 bits per heavy atom. The second-order valence-corrected chi connectivity index (χ2v) is 14.0. The molecule has 0 N–H and O–H groups in total. The highest BCUT2D eigenvalue weighted by atomic mass is 16.3. The average molecular weight is 676 g/mol. The molecule has 4 nitrogen and oxygen atoms in total. The normalized spacial score (nSPS) is 12.8. The molecule has 0 saturated heterocycles. The van der Waals surface area contributed by atoms with Gasteiger partial charge in [-0.05, 0) is 83.7 Å². The number of hydrogen-bond donors (Lipinski definition) is 0. The molecule has 0 amide bonds. The van der Waals surface area contributed by atoms with Gasteiger partial charge in [-0.25, -0.2) is 0 Å². The summed E-state index contributed by atoms with van der Waals surface area (Å²) in [6, 6.07) is 65.6. The van der Waals surface area contributed by atoms with E-state index in [1.165, 1.54) is 43.8 Å². The quantitative estimate of drug-likeness (QED) is 0.174. The number of nitrogens with zero attached hydrogens (tertiary/aromatic N) is 3. The first-order valence-corrected chi connectivity index (χ1v) is 18.2. The molecule has 53 heavy (non-hydrogen) atoms. The summed E-state index contributed by atoms with van der Waals surface area (Å²) in [5, 5.41) is 4.81. The fourth-order valence-electron chi connectivity index (χ4n) is 9.28. The van der Waals surface area contributed by atoms with Gasteiger partial charge in [0.25, 0.3) is 0 Å². The third-order valence-corrected chi connectivity index (χ3v) is 11.3. The summed E-state index contributed by atoms with van der Waals surface area (Å²) in [6.07, 6.45) is 0. The fraction of sp³-hybridized carbons (Fsp3) is 0. The zero-order chi connectivity index (χ0) is 34.6. The Kier molecular flexibility index (Phi) is 5.83. The Balaban J connectivity index is 1.29. The lowest BCUT2D eigenvalue weighted by atomic mass is 9.44. The zero-order valence-electron chi connectivity index (χ0n) is 28.6. The lowest BCUT2D eigenvalue weighted by Crippen LogP contribution is -2.60. The highest BCUT2D eigenvalue weighted by Crippen LogP contribution is 2.52. The van der Waals surface area contributed by atoms with E-state index in [1.54, 1.807) is 0 Å². The van der Waals surface area contributed by atoms with Crippen LogP contribution >= 0.6 is 0 Å². The number of benzene rings is 8. The molecule has 246 valence electrons. The largest absolute Gasteiger partial charge is 0.455 e. The number of furan rings is 1. The first-order valence-electron chi connectivity index (χ1n) is 18.2. The van der Waals surface area contributed by atoms with Gasteiger partial charge in [0.05, 0.1) is 11.0 Å². The number of anilines is 5. The lowest BCUT2D eigenvalue weighted by molar-refractivity contribution is 0.670. The van der Waals surface area contributed by atoms with Crippen LogP contribution in [-0.2, 0) is 0 Å². The van der Waals surface area contributed by atoms with Crippen molar-refractivity contribution in [1.29, 1.82) is 0 Å². The van der Waals surface area contributed by atoms with Crippen molar-refractivity contribution in [2.45, 2.75) is 0 Å². The van der Waals surface area contributed by atoms with Crippen molar-refractivity contribution in [1.82, 2.24) is 4.57 Å². The highest BCUT2D eigenvalue weighted by molar-refractivity contribution is 6.94. The van der Waals surface area contributed by atoms with Crippen LogP contribution in [0, 0.1) is 0 Å². The molecule has 2 aromatic heterocycles. The molecule has 0 saturated carbocycles. The van der Waals surface area contributed by atoms with Gasteiger partial charge in [0, 0.05) is 66.8 Å². The molecule has 0 bridgehead atoms. The minimum absolute atomic E-state index is 0.0850. The van der Waals surface area contributed by atoms with Gasteiger partial charge in [0.15, 0.2) is 0 Å². The number of aromatic nitrogens is 1. The van der Waals surface area contributed by atoms with Crippen LogP contribution in [0.1, 0.15) is 0 Å². The number of rotatable bonds is 4. The van der Waals surface area contributed by atoms with Gasteiger partial charge in [-0.1, -0.05) is 109 Å². The van der Waals surface area contributed by atoms with Crippen LogP contribution in [0.25, 0.3) is 60.6 Å². The third kappa shape index (κ3) is 3.86. The Labute approximate surface area is 306 Å². The Bertz CT molecular complexity index is 3040. The molecule has 0 unspecified atom stereocenters. The standard InChI is InChI=1S/C48H30BN3O/c1-4-16-31(17-5-1)50(32-18-6-2-7-19-32)34-28-29-40-37(30-34)45-46-47-43(44-36-23-11-15-27-42(36)53-48(44)45)35-22-10-13-25-39(35)51(47)41-26-14-12-24-38(41)49(46)52(40)33-20-8-3-9-21-33/h1-30H. The van der Waals surface area contributed by atoms with Gasteiger partial charge < -0.3 is 18.7 Å². The van der Waals surface area contributed by atoms with Crippen molar-refractivity contribution in [3.05, 3.63) is 182 Å². The maximum Gasteiger partial charge on any atom is 0.333 e. The van der Waals surface area contributed by atoms with Crippen LogP contribution in [-0.4, -0.2) is 11.4 Å². The predicted molar refractivity (Wildman–Crippen MR) is 222 cm³/mol. The second kappa shape index (κ2) is 10.8. The van der Waals surface area contributed by atoms with E-state index < -0.39 is 0 Å². The minimum Gasteiger partial charge on any atom is -0.455 e. The van der Waals surface area contributed by atoms with Gasteiger partial charge >= 0.3 is 6.85 Å². The van der Waals surface area contributed by atoms with Gasteiger partial charge in [-0.15, -0.1) is 0 Å². The van der Waals surface area contributed by atoms with E-state index in [0.29, 0.717) is 0 Å². The molecular formula is C48H30BN3O. The Hall–Kier alpha value is -6.98. The van der Waals surface area contributed by atoms with E-state index in [9.17, 15) is 0 Å². The molecule has 0 fully saturated rings. The SMILES string of the molecule is c1ccc(N2B3c4ccccc4-n4c5ccccc5c5c6c(oc7ccccc76)c(c3c54)-c3cc(N(c4ccccc4)c4ccccc4)ccc32)cc1. The van der Waals surface area contributed by atoms with Gasteiger partial charge in [0.1, 0.15) is 11.2 Å². The average Bonchev–Trinajstić information content (AvgIpc) is 3.78. The first kappa shape index (κ1) is 28.7. The van der Waals surface area contributed by atoms with Gasteiger partial charge in [-0.3, -0.25) is 0 Å². The first-order chi connectivity index (χ1) is 26.3. The Morgan fingerprint density at radius 3 is 1.92 bits per heavy atom. The summed E-state index contributed by atoms with van der Waals surface area (Å²) in [5.74, 6) is 0. The van der Waals surface area contributed by atoms with Crippen LogP contribution in [0.15, 0.2) is 186 Å². The molecule has 0 aliphatic carbocycles. The molecule has 4 heterocycles. The topological polar surface area (TPSA) is 24.6 Å². The van der Waals surface area contributed by atoms with E-state index in [2.05, 4.69) is 196 Å². The van der Waals surface area contributed by atoms with E-state index in [-0.39, 0.29) is 6.85 Å². The molecule has 12 rings (SSSR count). The number of hydrogen-bond acceptors (Lipinski definition) is 3. The molecule has 8 aromatic carbocycles. The van der Waals surface area contributed by atoms with Crippen molar-refractivity contribution in [3.63, 3.8) is 0 Å². The zero-order valence-corrected chi connectivity index (χ0v) is 28.6. The predicted octanol–water partition coefficient (Wildman–Crippen LogP) is 11.4. The summed E-state index contributed by atoms with van der Waals surface area (Å²) in [7, 11) is 0. The molecule has 0 spiro atoms. The Morgan fingerprint density at radius 1 is 0.509 bits per heavy atom. The monoisotopic (exact) mass is 675 g/mol. The number of fused-ring (bicyclic) bond motifs is 13. The van der Waals surface area contributed by atoms with Crippen molar-refractivity contribution < 1.29 is 4.42 Å². The van der Waals surface area contributed by atoms with Crippen LogP contribution in [0.3, 0.4) is 0 Å². The maximum atomic E-state index is 7.10. The molecule has 5 heteroatoms. The van der Waals surface area contributed by atoms with E-state index in [0.717, 1.165) is 56.1 Å². The summed E-state index contributed by atoms with van der Waals surface area (Å²) in [6.45, 7) is -0.0850. The maximum absolute atomic E-state index is 7.10. The van der Waals surface area contributed by atoms with Crippen molar-refractivity contribution in [2.75, 3.05) is 9.71 Å². The summed E-state index contributed by atoms with van der Waals surface area (Å²) < 4.78 is 9.63. The highest BCUT2D eigenvalue weighted by Gasteiger charge is 2.45. The summed E-state index contributed by atoms with van der Waals surface area (Å²) in [4.78, 5) is 4.91. The fourth-order valence-corrected chi connectivity index (χ4v) is 9.28. The van der Waals surface area contributed by atoms with E-state index >= 15 is 0 Å². The molecule has 2 aliphatic heterocycles. The van der Waals surface area contributed by atoms with Gasteiger partial charge in [-0.2, -0.15) is 0 Å². The van der Waals surface area contributed by atoms with Crippen LogP contribution in [0.5, 0.6) is 0 Å². The van der Waals surface area contributed by atoms with E-state index in [1.807, 2.05) is 0 Å². The van der Waals surface area contributed by atoms with Crippen molar-refractivity contribution in [2.24, 2.45) is 0 Å². The lowest BCUT2D eigenvalue weighted by Gasteiger charge is -2.42. The molecule has 0 atom stereocenters. The third-order valence-electron chi connectivity index (χ3n) is 11.3. The van der Waals surface area contributed by atoms with Crippen molar-refractivity contribution in [3.8, 4) is 16.8 Å². The molecule has 2 aliphatic rings.